The molecule has 0 aliphatic heterocycles. The maximum absolute atomic E-state index is 12.4. The van der Waals surface area contributed by atoms with Gasteiger partial charge in [-0.25, -0.2) is 0 Å². The minimum atomic E-state index is -1.43. The number of nitriles is 1. The molecule has 3 aromatic rings. The van der Waals surface area contributed by atoms with Gasteiger partial charge in [-0.1, -0.05) is 87.3 Å². The van der Waals surface area contributed by atoms with Gasteiger partial charge in [0.05, 0.1) is 19.7 Å². The average molecular weight is 486 g/mol. The van der Waals surface area contributed by atoms with Crippen LogP contribution in [0.25, 0.3) is 0 Å². The number of benzene rings is 3. The number of nitrogens with zero attached hydrogens (tertiary/aromatic N) is 1. The highest BCUT2D eigenvalue weighted by atomic mass is 28.3. The Kier molecular flexibility index (Phi) is 10.9. The van der Waals surface area contributed by atoms with E-state index in [0.717, 1.165) is 0 Å². The first-order valence-corrected chi connectivity index (χ1v) is 15.2. The third-order valence-electron chi connectivity index (χ3n) is 5.91. The normalized spacial score (nSPS) is 10.5. The second-order valence-corrected chi connectivity index (χ2v) is 14.0. The van der Waals surface area contributed by atoms with Gasteiger partial charge in [0.25, 0.3) is 5.91 Å². The van der Waals surface area contributed by atoms with E-state index in [1.807, 2.05) is 18.2 Å². The van der Waals surface area contributed by atoms with Gasteiger partial charge in [-0.3, -0.25) is 9.59 Å². The van der Waals surface area contributed by atoms with E-state index in [1.54, 1.807) is 48.5 Å². The van der Waals surface area contributed by atoms with E-state index < -0.39 is 8.07 Å². The van der Waals surface area contributed by atoms with E-state index in [0.29, 0.717) is 22.4 Å². The lowest BCUT2D eigenvalue weighted by Crippen LogP contribution is -2.41. The highest BCUT2D eigenvalue weighted by Gasteiger charge is 2.22. The van der Waals surface area contributed by atoms with Gasteiger partial charge >= 0.3 is 0 Å². The van der Waals surface area contributed by atoms with E-state index in [1.165, 1.54) is 36.9 Å². The standard InChI is InChI=1S/C22H28N2OSi.C7H7NO/c1-4-5-6-7-16-26(2,3)21-14-10-19(11-15-21)22(25)24-20-12-8-18(17-23)9-13-20;8-7(9)6-4-2-1-3-5-6/h8-15H,4-7,16H2,1-3H3,(H,24,25);1-5H,(H2,8,9). The van der Waals surface area contributed by atoms with Crippen LogP contribution in [0.1, 0.15) is 58.9 Å². The first kappa shape index (κ1) is 27.6. The number of unbranched alkanes of at least 4 members (excludes halogenated alkanes) is 3. The summed E-state index contributed by atoms with van der Waals surface area (Å²) < 4.78 is 0. The minimum absolute atomic E-state index is 0.122. The van der Waals surface area contributed by atoms with E-state index >= 15 is 0 Å². The first-order valence-electron chi connectivity index (χ1n) is 12.0. The number of rotatable bonds is 9. The minimum Gasteiger partial charge on any atom is -0.366 e. The van der Waals surface area contributed by atoms with E-state index in [2.05, 4.69) is 43.5 Å². The van der Waals surface area contributed by atoms with Gasteiger partial charge < -0.3 is 11.1 Å². The fourth-order valence-electron chi connectivity index (χ4n) is 3.64. The molecule has 3 aromatic carbocycles. The predicted octanol–water partition coefficient (Wildman–Crippen LogP) is 6.09. The Labute approximate surface area is 210 Å². The summed E-state index contributed by atoms with van der Waals surface area (Å²) in [6.07, 6.45) is 5.20. The molecule has 0 saturated carbocycles. The summed E-state index contributed by atoms with van der Waals surface area (Å²) in [6, 6.07) is 27.1. The molecule has 0 radical (unpaired) electrons. The van der Waals surface area contributed by atoms with Crippen LogP contribution in [0.5, 0.6) is 0 Å². The fourth-order valence-corrected chi connectivity index (χ4v) is 6.14. The zero-order valence-electron chi connectivity index (χ0n) is 20.9. The van der Waals surface area contributed by atoms with Crippen molar-refractivity contribution >= 4 is 30.8 Å². The van der Waals surface area contributed by atoms with Gasteiger partial charge in [0.15, 0.2) is 0 Å². The van der Waals surface area contributed by atoms with Crippen molar-refractivity contribution in [2.45, 2.75) is 51.7 Å². The van der Waals surface area contributed by atoms with Gasteiger partial charge in [0.1, 0.15) is 0 Å². The molecule has 3 rings (SSSR count). The van der Waals surface area contributed by atoms with Gasteiger partial charge in [0, 0.05) is 16.8 Å². The van der Waals surface area contributed by atoms with Crippen LogP contribution in [0, 0.1) is 11.3 Å². The quantitative estimate of drug-likeness (QED) is 0.283. The second kappa shape index (κ2) is 13.9. The smallest absolute Gasteiger partial charge is 0.255 e. The third kappa shape index (κ3) is 9.23. The number of hydrogen-bond acceptors (Lipinski definition) is 3. The summed E-state index contributed by atoms with van der Waals surface area (Å²) in [5, 5.41) is 13.1. The van der Waals surface area contributed by atoms with Crippen LogP contribution in [-0.2, 0) is 0 Å². The van der Waals surface area contributed by atoms with E-state index in [9.17, 15) is 9.59 Å². The van der Waals surface area contributed by atoms with Crippen LogP contribution >= 0.6 is 0 Å². The van der Waals surface area contributed by atoms with Crippen molar-refractivity contribution in [1.29, 1.82) is 5.26 Å². The zero-order chi connectivity index (χ0) is 25.7. The maximum atomic E-state index is 12.4. The highest BCUT2D eigenvalue weighted by molar-refractivity contribution is 6.89. The van der Waals surface area contributed by atoms with Crippen LogP contribution < -0.4 is 16.2 Å². The summed E-state index contributed by atoms with van der Waals surface area (Å²) in [5.41, 5.74) is 7.47. The molecule has 0 bridgehead atoms. The van der Waals surface area contributed by atoms with E-state index in [-0.39, 0.29) is 11.8 Å². The van der Waals surface area contributed by atoms with Crippen LogP contribution in [0.4, 0.5) is 5.69 Å². The molecule has 5 nitrogen and oxygen atoms in total. The molecule has 182 valence electrons. The molecular weight excluding hydrogens is 450 g/mol. The lowest BCUT2D eigenvalue weighted by atomic mass is 10.2. The number of anilines is 1. The Bertz CT molecular complexity index is 1120. The molecule has 0 spiro atoms. The monoisotopic (exact) mass is 485 g/mol. The molecule has 0 unspecified atom stereocenters. The molecule has 2 amide bonds. The second-order valence-electron chi connectivity index (χ2n) is 9.15. The largest absolute Gasteiger partial charge is 0.366 e. The summed E-state index contributed by atoms with van der Waals surface area (Å²) >= 11 is 0. The van der Waals surface area contributed by atoms with Crippen LogP contribution in [0.3, 0.4) is 0 Å². The van der Waals surface area contributed by atoms with Crippen molar-refractivity contribution in [2.24, 2.45) is 5.73 Å². The molecule has 0 atom stereocenters. The molecular formula is C29H35N3O2Si. The Balaban J connectivity index is 0.000000402. The number of hydrogen-bond donors (Lipinski definition) is 2. The number of carbonyl (C=O) groups is 2. The SMILES string of the molecule is CCCCCC[Si](C)(C)c1ccc(C(=O)Nc2ccc(C#N)cc2)cc1.NC(=O)c1ccccc1. The average Bonchev–Trinajstić information content (AvgIpc) is 2.88. The fraction of sp³-hybridized carbons (Fsp3) is 0.276. The molecule has 0 aliphatic carbocycles. The van der Waals surface area contributed by atoms with Crippen molar-refractivity contribution in [2.75, 3.05) is 5.32 Å². The first-order chi connectivity index (χ1) is 16.8. The highest BCUT2D eigenvalue weighted by Crippen LogP contribution is 2.17. The van der Waals surface area contributed by atoms with Crippen LogP contribution in [-0.4, -0.2) is 19.9 Å². The lowest BCUT2D eigenvalue weighted by molar-refractivity contribution is 0.0997. The summed E-state index contributed by atoms with van der Waals surface area (Å²) in [5.74, 6) is -0.501. The van der Waals surface area contributed by atoms with Crippen molar-refractivity contribution < 1.29 is 9.59 Å². The van der Waals surface area contributed by atoms with Gasteiger partial charge in [0.2, 0.25) is 5.91 Å². The Hall–Kier alpha value is -3.69. The summed E-state index contributed by atoms with van der Waals surface area (Å²) in [6.45, 7) is 7.06. The van der Waals surface area contributed by atoms with Gasteiger partial charge in [-0.2, -0.15) is 5.26 Å². The van der Waals surface area contributed by atoms with Crippen molar-refractivity contribution in [3.8, 4) is 6.07 Å². The Morgan fingerprint density at radius 2 is 1.49 bits per heavy atom. The molecule has 3 N–H and O–H groups in total. The van der Waals surface area contributed by atoms with Gasteiger partial charge in [-0.05, 0) is 48.5 Å². The summed E-state index contributed by atoms with van der Waals surface area (Å²) in [4.78, 5) is 22.8. The molecule has 35 heavy (non-hydrogen) atoms. The van der Waals surface area contributed by atoms with Crippen LogP contribution in [0.15, 0.2) is 78.9 Å². The van der Waals surface area contributed by atoms with Gasteiger partial charge in [-0.15, -0.1) is 0 Å². The number of nitrogens with two attached hydrogens (primary N) is 1. The predicted molar refractivity (Wildman–Crippen MR) is 147 cm³/mol. The van der Waals surface area contributed by atoms with Crippen molar-refractivity contribution in [3.05, 3.63) is 95.6 Å². The molecule has 0 fully saturated rings. The molecule has 0 heterocycles. The van der Waals surface area contributed by atoms with Crippen molar-refractivity contribution in [1.82, 2.24) is 0 Å². The Morgan fingerprint density at radius 1 is 0.857 bits per heavy atom. The molecule has 0 saturated heterocycles. The number of carbonyl (C=O) groups excluding carboxylic acids is 2. The molecule has 6 heteroatoms. The Morgan fingerprint density at radius 3 is 2.00 bits per heavy atom. The molecule has 0 aliphatic rings. The third-order valence-corrected chi connectivity index (χ3v) is 9.41. The number of primary amides is 1. The number of nitrogens with one attached hydrogen (secondary N) is 1. The number of amides is 2. The van der Waals surface area contributed by atoms with Crippen molar-refractivity contribution in [3.63, 3.8) is 0 Å². The topological polar surface area (TPSA) is 96.0 Å². The zero-order valence-corrected chi connectivity index (χ0v) is 21.9. The molecule has 0 aromatic heterocycles. The van der Waals surface area contributed by atoms with Crippen LogP contribution in [0.2, 0.25) is 19.1 Å². The lowest BCUT2D eigenvalue weighted by Gasteiger charge is -2.23. The maximum Gasteiger partial charge on any atom is 0.255 e. The summed E-state index contributed by atoms with van der Waals surface area (Å²) in [7, 11) is -1.43. The van der Waals surface area contributed by atoms with E-state index in [4.69, 9.17) is 11.0 Å².